The molecule has 0 bridgehead atoms. The highest BCUT2D eigenvalue weighted by molar-refractivity contribution is 6.30. The molecule has 0 saturated carbocycles. The molecule has 0 saturated heterocycles. The molecule has 3 aromatic carbocycles. The Labute approximate surface area is 224 Å². The van der Waals surface area contributed by atoms with Gasteiger partial charge in [0.05, 0.1) is 0 Å². The zero-order chi connectivity index (χ0) is 26.4. The van der Waals surface area contributed by atoms with E-state index in [2.05, 4.69) is 31.0 Å². The monoisotopic (exact) mass is 515 g/mol. The summed E-state index contributed by atoms with van der Waals surface area (Å²) in [7, 11) is 0. The smallest absolute Gasteiger partial charge is 0.254 e. The molecule has 0 fully saturated rings. The Bertz CT molecular complexity index is 1340. The molecule has 192 valence electrons. The maximum absolute atomic E-state index is 13.7. The largest absolute Gasteiger partial charge is 0.361 e. The molecule has 0 aliphatic heterocycles. The number of hydrogen-bond donors (Lipinski definition) is 1. The van der Waals surface area contributed by atoms with Crippen LogP contribution in [0.4, 0.5) is 0 Å². The van der Waals surface area contributed by atoms with Crippen molar-refractivity contribution in [2.45, 2.75) is 33.7 Å². The number of rotatable bonds is 10. The molecule has 0 aliphatic carbocycles. The first-order chi connectivity index (χ1) is 17.8. The number of carbonyl (C=O) groups excluding carboxylic acids is 2. The summed E-state index contributed by atoms with van der Waals surface area (Å²) >= 11 is 6.09. The lowest BCUT2D eigenvalue weighted by Crippen LogP contribution is -2.44. The predicted octanol–water partition coefficient (Wildman–Crippen LogP) is 6.50. The second kappa shape index (κ2) is 12.1. The van der Waals surface area contributed by atoms with Gasteiger partial charge in [0.25, 0.3) is 5.91 Å². The first-order valence-electron chi connectivity index (χ1n) is 12.7. The molecule has 4 rings (SSSR count). The van der Waals surface area contributed by atoms with Crippen molar-refractivity contribution in [2.24, 2.45) is 5.92 Å². The summed E-state index contributed by atoms with van der Waals surface area (Å²) < 4.78 is 0. The van der Waals surface area contributed by atoms with Gasteiger partial charge in [-0.2, -0.15) is 0 Å². The fourth-order valence-electron chi connectivity index (χ4n) is 4.50. The van der Waals surface area contributed by atoms with Gasteiger partial charge in [0.15, 0.2) is 0 Å². The zero-order valence-corrected chi connectivity index (χ0v) is 22.5. The maximum atomic E-state index is 13.7. The van der Waals surface area contributed by atoms with E-state index in [4.69, 9.17) is 11.6 Å². The van der Waals surface area contributed by atoms with Gasteiger partial charge < -0.3 is 14.8 Å². The quantitative estimate of drug-likeness (QED) is 0.262. The van der Waals surface area contributed by atoms with Gasteiger partial charge in [0, 0.05) is 47.3 Å². The number of nitrogens with zero attached hydrogens (tertiary/aromatic N) is 2. The van der Waals surface area contributed by atoms with Crippen LogP contribution in [0.2, 0.25) is 5.02 Å². The highest BCUT2D eigenvalue weighted by Gasteiger charge is 2.23. The van der Waals surface area contributed by atoms with Crippen LogP contribution in [0.25, 0.3) is 10.9 Å². The van der Waals surface area contributed by atoms with E-state index in [0.717, 1.165) is 22.0 Å². The van der Waals surface area contributed by atoms with E-state index < -0.39 is 0 Å². The summed E-state index contributed by atoms with van der Waals surface area (Å²) in [6.45, 7) is 7.64. The van der Waals surface area contributed by atoms with Crippen molar-refractivity contribution in [2.75, 3.05) is 19.6 Å². The molecule has 6 heteroatoms. The summed E-state index contributed by atoms with van der Waals surface area (Å²) in [5, 5.41) is 1.82. The van der Waals surface area contributed by atoms with E-state index in [9.17, 15) is 9.59 Å². The fourth-order valence-corrected chi connectivity index (χ4v) is 4.62. The average molecular weight is 516 g/mol. The van der Waals surface area contributed by atoms with Crippen LogP contribution in [0, 0.1) is 12.8 Å². The van der Waals surface area contributed by atoms with Crippen LogP contribution in [0.5, 0.6) is 0 Å². The maximum Gasteiger partial charge on any atom is 0.254 e. The normalized spacial score (nSPS) is 11.2. The number of aromatic nitrogens is 1. The lowest BCUT2D eigenvalue weighted by Gasteiger charge is -2.29. The van der Waals surface area contributed by atoms with E-state index in [1.807, 2.05) is 78.7 Å². The lowest BCUT2D eigenvalue weighted by atomic mass is 10.1. The average Bonchev–Trinajstić information content (AvgIpc) is 3.30. The Hall–Kier alpha value is -3.57. The van der Waals surface area contributed by atoms with Crippen molar-refractivity contribution in [1.29, 1.82) is 0 Å². The third-order valence-corrected chi connectivity index (χ3v) is 6.71. The number of carbonyl (C=O) groups is 2. The number of aryl methyl sites for hydroxylation is 1. The number of aromatic amines is 1. The molecular formula is C31H34ClN3O2. The van der Waals surface area contributed by atoms with Crippen molar-refractivity contribution in [3.8, 4) is 0 Å². The van der Waals surface area contributed by atoms with Crippen LogP contribution in [0.3, 0.4) is 0 Å². The molecule has 1 aromatic heterocycles. The molecular weight excluding hydrogens is 482 g/mol. The number of halogens is 1. The van der Waals surface area contributed by atoms with Crippen molar-refractivity contribution in [3.05, 3.63) is 106 Å². The van der Waals surface area contributed by atoms with Gasteiger partial charge in [-0.25, -0.2) is 0 Å². The standard InChI is InChI=1S/C31H34ClN3O2/c1-22(2)19-35(31(37)25-12-8-23(3)9-13-25)21-30(36)34(20-24-10-14-27(32)15-11-24)17-16-26-18-33-29-7-5-4-6-28(26)29/h4-15,18,22,33H,16-17,19-21H2,1-3H3. The number of hydrogen-bond acceptors (Lipinski definition) is 2. The Morgan fingerprint density at radius 1 is 0.919 bits per heavy atom. The summed E-state index contributed by atoms with van der Waals surface area (Å²) in [5.74, 6) is 0.0409. The minimum absolute atomic E-state index is 0.0341. The van der Waals surface area contributed by atoms with Crippen molar-refractivity contribution < 1.29 is 9.59 Å². The van der Waals surface area contributed by atoms with Gasteiger partial charge in [-0.05, 0) is 60.7 Å². The number of benzene rings is 3. The number of fused-ring (bicyclic) bond motifs is 1. The van der Waals surface area contributed by atoms with Crippen molar-refractivity contribution in [3.63, 3.8) is 0 Å². The first-order valence-corrected chi connectivity index (χ1v) is 13.1. The van der Waals surface area contributed by atoms with Gasteiger partial charge >= 0.3 is 0 Å². The molecule has 1 N–H and O–H groups in total. The van der Waals surface area contributed by atoms with Crippen molar-refractivity contribution >= 4 is 34.3 Å². The Kier molecular flexibility index (Phi) is 8.67. The van der Waals surface area contributed by atoms with Gasteiger partial charge in [-0.15, -0.1) is 0 Å². The Morgan fingerprint density at radius 2 is 1.62 bits per heavy atom. The number of para-hydroxylation sites is 1. The van der Waals surface area contributed by atoms with Gasteiger partial charge in [-0.1, -0.05) is 73.5 Å². The van der Waals surface area contributed by atoms with Crippen LogP contribution in [0.1, 0.15) is 40.9 Å². The summed E-state index contributed by atoms with van der Waals surface area (Å²) in [6, 6.07) is 23.3. The van der Waals surface area contributed by atoms with E-state index in [-0.39, 0.29) is 24.3 Å². The molecule has 0 radical (unpaired) electrons. The lowest BCUT2D eigenvalue weighted by molar-refractivity contribution is -0.132. The summed E-state index contributed by atoms with van der Waals surface area (Å²) in [6.07, 6.45) is 2.72. The molecule has 2 amide bonds. The van der Waals surface area contributed by atoms with Crippen LogP contribution in [-0.4, -0.2) is 46.2 Å². The SMILES string of the molecule is Cc1ccc(C(=O)N(CC(=O)N(CCc2c[nH]c3ccccc23)Cc2ccc(Cl)cc2)CC(C)C)cc1. The molecule has 0 unspecified atom stereocenters. The van der Waals surface area contributed by atoms with Crippen LogP contribution < -0.4 is 0 Å². The van der Waals surface area contributed by atoms with Crippen LogP contribution >= 0.6 is 11.6 Å². The van der Waals surface area contributed by atoms with E-state index in [1.54, 1.807) is 4.90 Å². The fraction of sp³-hybridized carbons (Fsp3) is 0.290. The van der Waals surface area contributed by atoms with Crippen LogP contribution in [0.15, 0.2) is 79.0 Å². The molecule has 5 nitrogen and oxygen atoms in total. The van der Waals surface area contributed by atoms with E-state index in [1.165, 1.54) is 5.56 Å². The topological polar surface area (TPSA) is 56.4 Å². The highest BCUT2D eigenvalue weighted by Crippen LogP contribution is 2.20. The third kappa shape index (κ3) is 7.01. The predicted molar refractivity (Wildman–Crippen MR) is 151 cm³/mol. The number of nitrogens with one attached hydrogen (secondary N) is 1. The second-order valence-corrected chi connectivity index (χ2v) is 10.4. The minimum atomic E-state index is -0.120. The highest BCUT2D eigenvalue weighted by atomic mass is 35.5. The van der Waals surface area contributed by atoms with Gasteiger partial charge in [-0.3, -0.25) is 9.59 Å². The number of amides is 2. The summed E-state index contributed by atoms with van der Waals surface area (Å²) in [5.41, 5.74) is 4.94. The third-order valence-electron chi connectivity index (χ3n) is 6.46. The molecule has 1 heterocycles. The molecule has 0 aliphatic rings. The zero-order valence-electron chi connectivity index (χ0n) is 21.7. The number of H-pyrrole nitrogens is 1. The van der Waals surface area contributed by atoms with Crippen molar-refractivity contribution in [1.82, 2.24) is 14.8 Å². The Morgan fingerprint density at radius 3 is 2.32 bits per heavy atom. The van der Waals surface area contributed by atoms with Gasteiger partial charge in [0.1, 0.15) is 6.54 Å². The van der Waals surface area contributed by atoms with E-state index in [0.29, 0.717) is 36.6 Å². The minimum Gasteiger partial charge on any atom is -0.361 e. The molecule has 4 aromatic rings. The molecule has 0 spiro atoms. The molecule has 37 heavy (non-hydrogen) atoms. The first kappa shape index (κ1) is 26.5. The summed E-state index contributed by atoms with van der Waals surface area (Å²) in [4.78, 5) is 33.9. The van der Waals surface area contributed by atoms with E-state index >= 15 is 0 Å². The second-order valence-electron chi connectivity index (χ2n) is 10.00. The molecule has 0 atom stereocenters. The van der Waals surface area contributed by atoms with Gasteiger partial charge in [0.2, 0.25) is 5.91 Å². The van der Waals surface area contributed by atoms with Crippen LogP contribution in [-0.2, 0) is 17.8 Å². The Balaban J connectivity index is 1.55.